The zero-order chi connectivity index (χ0) is 14.4. The molecule has 0 saturated carbocycles. The third-order valence-electron chi connectivity index (χ3n) is 2.80. The second kappa shape index (κ2) is 7.45. The number of hydrogen-bond donors (Lipinski definition) is 1. The quantitative estimate of drug-likeness (QED) is 0.792. The van der Waals surface area contributed by atoms with Crippen LogP contribution >= 0.6 is 11.8 Å². The number of thioether (sulfide) groups is 1. The van der Waals surface area contributed by atoms with Gasteiger partial charge in [-0.2, -0.15) is 4.98 Å². The van der Waals surface area contributed by atoms with Crippen LogP contribution in [0, 0.1) is 0 Å². The lowest BCUT2D eigenvalue weighted by molar-refractivity contribution is 0.385. The van der Waals surface area contributed by atoms with Crippen molar-refractivity contribution in [2.24, 2.45) is 0 Å². The van der Waals surface area contributed by atoms with E-state index in [0.29, 0.717) is 17.7 Å². The summed E-state index contributed by atoms with van der Waals surface area (Å²) in [4.78, 5) is 5.54. The van der Waals surface area contributed by atoms with Gasteiger partial charge in [-0.3, -0.25) is 0 Å². The van der Waals surface area contributed by atoms with Crippen molar-refractivity contribution >= 4 is 11.8 Å². The molecule has 0 unspecified atom stereocenters. The van der Waals surface area contributed by atoms with Gasteiger partial charge in [0.15, 0.2) is 5.82 Å². The van der Waals surface area contributed by atoms with Gasteiger partial charge in [0, 0.05) is 23.9 Å². The first kappa shape index (κ1) is 15.1. The lowest BCUT2D eigenvalue weighted by Crippen LogP contribution is -2.21. The first-order chi connectivity index (χ1) is 9.67. The summed E-state index contributed by atoms with van der Waals surface area (Å²) in [5.74, 6) is 2.18. The van der Waals surface area contributed by atoms with E-state index in [1.807, 2.05) is 6.92 Å². The fourth-order valence-electron chi connectivity index (χ4n) is 1.70. The van der Waals surface area contributed by atoms with Gasteiger partial charge in [-0.05, 0) is 17.7 Å². The van der Waals surface area contributed by atoms with Crippen LogP contribution in [0.4, 0.5) is 0 Å². The first-order valence-corrected chi connectivity index (χ1v) is 7.92. The van der Waals surface area contributed by atoms with E-state index in [4.69, 9.17) is 4.52 Å². The topological polar surface area (TPSA) is 51.0 Å². The summed E-state index contributed by atoms with van der Waals surface area (Å²) in [5, 5.41) is 7.33. The minimum Gasteiger partial charge on any atom is -0.338 e. The van der Waals surface area contributed by atoms with Crippen LogP contribution in [-0.4, -0.2) is 16.2 Å². The Labute approximate surface area is 124 Å². The highest BCUT2D eigenvalue weighted by molar-refractivity contribution is 7.98. The summed E-state index contributed by atoms with van der Waals surface area (Å²) < 4.78 is 5.19. The second-order valence-electron chi connectivity index (χ2n) is 4.93. The van der Waals surface area contributed by atoms with Gasteiger partial charge in [-0.15, -0.1) is 11.8 Å². The Morgan fingerprint density at radius 2 is 2.20 bits per heavy atom. The van der Waals surface area contributed by atoms with Crippen LogP contribution in [0.25, 0.3) is 0 Å². The summed E-state index contributed by atoms with van der Waals surface area (Å²) >= 11 is 1.72. The van der Waals surface area contributed by atoms with E-state index in [9.17, 15) is 0 Å². The van der Waals surface area contributed by atoms with E-state index in [1.165, 1.54) is 10.5 Å². The van der Waals surface area contributed by atoms with E-state index in [-0.39, 0.29) is 0 Å². The van der Waals surface area contributed by atoms with Gasteiger partial charge < -0.3 is 9.84 Å². The number of hydrogen-bond acceptors (Lipinski definition) is 5. The molecular weight excluding hydrogens is 270 g/mol. The third-order valence-corrected chi connectivity index (χ3v) is 3.78. The Balaban J connectivity index is 1.90. The average Bonchev–Trinajstić information content (AvgIpc) is 2.91. The lowest BCUT2D eigenvalue weighted by Gasteiger charge is -2.09. The highest BCUT2D eigenvalue weighted by Crippen LogP contribution is 2.23. The minimum absolute atomic E-state index is 0.497. The Kier molecular flexibility index (Phi) is 5.61. The summed E-state index contributed by atoms with van der Waals surface area (Å²) in [6.45, 7) is 7.22. The molecule has 1 heterocycles. The normalized spacial score (nSPS) is 11.2. The fraction of sp³-hybridized carbons (Fsp3) is 0.467. The van der Waals surface area contributed by atoms with E-state index >= 15 is 0 Å². The van der Waals surface area contributed by atoms with Crippen molar-refractivity contribution in [3.63, 3.8) is 0 Å². The van der Waals surface area contributed by atoms with E-state index < -0.39 is 0 Å². The monoisotopic (exact) mass is 291 g/mol. The summed E-state index contributed by atoms with van der Waals surface area (Å²) in [7, 11) is 0. The smallest absolute Gasteiger partial charge is 0.237 e. The van der Waals surface area contributed by atoms with Gasteiger partial charge in [0.25, 0.3) is 0 Å². The Hall–Kier alpha value is -1.33. The van der Waals surface area contributed by atoms with Crippen molar-refractivity contribution in [2.45, 2.75) is 50.4 Å². The SMILES string of the molecule is CCc1noc(CSc2cccc(CNC(C)C)c2)n1. The number of benzene rings is 1. The molecule has 2 aromatic rings. The number of aryl methyl sites for hydroxylation is 1. The Bertz CT molecular complexity index is 539. The Morgan fingerprint density at radius 1 is 1.35 bits per heavy atom. The number of rotatable bonds is 7. The predicted octanol–water partition coefficient (Wildman–Crippen LogP) is 3.42. The molecule has 0 fully saturated rings. The van der Waals surface area contributed by atoms with E-state index in [1.54, 1.807) is 11.8 Å². The molecule has 0 amide bonds. The van der Waals surface area contributed by atoms with Gasteiger partial charge in [-0.1, -0.05) is 38.1 Å². The molecule has 0 bridgehead atoms. The molecule has 1 N–H and O–H groups in total. The molecule has 0 saturated heterocycles. The van der Waals surface area contributed by atoms with Crippen molar-refractivity contribution in [1.29, 1.82) is 0 Å². The van der Waals surface area contributed by atoms with Crippen molar-refractivity contribution in [2.75, 3.05) is 0 Å². The summed E-state index contributed by atoms with van der Waals surface area (Å²) in [6.07, 6.45) is 0.810. The number of nitrogens with zero attached hydrogens (tertiary/aromatic N) is 2. The van der Waals surface area contributed by atoms with Crippen molar-refractivity contribution < 1.29 is 4.52 Å². The zero-order valence-electron chi connectivity index (χ0n) is 12.2. The second-order valence-corrected chi connectivity index (χ2v) is 5.98. The van der Waals surface area contributed by atoms with Crippen molar-refractivity contribution in [1.82, 2.24) is 15.5 Å². The molecular formula is C15H21N3OS. The maximum absolute atomic E-state index is 5.19. The highest BCUT2D eigenvalue weighted by atomic mass is 32.2. The fourth-order valence-corrected chi connectivity index (χ4v) is 2.52. The predicted molar refractivity (Wildman–Crippen MR) is 81.7 cm³/mol. The largest absolute Gasteiger partial charge is 0.338 e. The first-order valence-electron chi connectivity index (χ1n) is 6.94. The van der Waals surface area contributed by atoms with Crippen LogP contribution < -0.4 is 5.32 Å². The van der Waals surface area contributed by atoms with Gasteiger partial charge in [0.1, 0.15) is 0 Å². The number of aromatic nitrogens is 2. The highest BCUT2D eigenvalue weighted by Gasteiger charge is 2.05. The summed E-state index contributed by atoms with van der Waals surface area (Å²) in [6, 6.07) is 9.04. The molecule has 0 aliphatic rings. The van der Waals surface area contributed by atoms with Crippen LogP contribution in [0.1, 0.15) is 38.0 Å². The molecule has 1 aromatic heterocycles. The minimum atomic E-state index is 0.497. The van der Waals surface area contributed by atoms with Gasteiger partial charge in [0.05, 0.1) is 5.75 Å². The van der Waals surface area contributed by atoms with Gasteiger partial charge >= 0.3 is 0 Å². The van der Waals surface area contributed by atoms with E-state index in [0.717, 1.165) is 18.8 Å². The molecule has 1 aromatic carbocycles. The molecule has 0 atom stereocenters. The standard InChI is InChI=1S/C15H21N3OS/c1-4-14-17-15(19-18-14)10-20-13-7-5-6-12(8-13)9-16-11(2)3/h5-8,11,16H,4,9-10H2,1-3H3. The maximum atomic E-state index is 5.19. The molecule has 0 spiro atoms. The molecule has 2 rings (SSSR count). The molecule has 0 aliphatic heterocycles. The van der Waals surface area contributed by atoms with Crippen LogP contribution in [0.15, 0.2) is 33.7 Å². The van der Waals surface area contributed by atoms with Gasteiger partial charge in [-0.25, -0.2) is 0 Å². The summed E-state index contributed by atoms with van der Waals surface area (Å²) in [5.41, 5.74) is 1.29. The van der Waals surface area contributed by atoms with Crippen molar-refractivity contribution in [3.05, 3.63) is 41.5 Å². The Morgan fingerprint density at radius 3 is 2.90 bits per heavy atom. The van der Waals surface area contributed by atoms with Crippen LogP contribution in [0.3, 0.4) is 0 Å². The third kappa shape index (κ3) is 4.65. The molecule has 0 aliphatic carbocycles. The van der Waals surface area contributed by atoms with Crippen LogP contribution in [-0.2, 0) is 18.7 Å². The molecule has 5 heteroatoms. The average molecular weight is 291 g/mol. The molecule has 20 heavy (non-hydrogen) atoms. The van der Waals surface area contributed by atoms with Crippen LogP contribution in [0.5, 0.6) is 0 Å². The van der Waals surface area contributed by atoms with Crippen molar-refractivity contribution in [3.8, 4) is 0 Å². The molecule has 108 valence electrons. The van der Waals surface area contributed by atoms with E-state index in [2.05, 4.69) is 53.6 Å². The molecule has 0 radical (unpaired) electrons. The number of nitrogens with one attached hydrogen (secondary N) is 1. The van der Waals surface area contributed by atoms with Crippen LogP contribution in [0.2, 0.25) is 0 Å². The maximum Gasteiger partial charge on any atom is 0.237 e. The van der Waals surface area contributed by atoms with Gasteiger partial charge in [0.2, 0.25) is 5.89 Å². The lowest BCUT2D eigenvalue weighted by atomic mass is 10.2. The zero-order valence-corrected chi connectivity index (χ0v) is 13.0. The molecule has 4 nitrogen and oxygen atoms in total.